The van der Waals surface area contributed by atoms with Crippen LogP contribution in [0.25, 0.3) is 0 Å². The van der Waals surface area contributed by atoms with Crippen molar-refractivity contribution in [1.82, 2.24) is 15.5 Å². The molecular formula is C24H29N3O3. The molecule has 2 fully saturated rings. The Morgan fingerprint density at radius 2 is 1.57 bits per heavy atom. The molecule has 2 amide bonds. The van der Waals surface area contributed by atoms with Crippen molar-refractivity contribution in [1.29, 1.82) is 0 Å². The van der Waals surface area contributed by atoms with Crippen LogP contribution in [0.15, 0.2) is 60.7 Å². The van der Waals surface area contributed by atoms with Gasteiger partial charge in [0, 0.05) is 32.6 Å². The van der Waals surface area contributed by atoms with E-state index in [2.05, 4.69) is 10.6 Å². The van der Waals surface area contributed by atoms with Gasteiger partial charge >= 0.3 is 6.09 Å². The van der Waals surface area contributed by atoms with Crippen LogP contribution in [0.4, 0.5) is 4.79 Å². The van der Waals surface area contributed by atoms with Crippen LogP contribution >= 0.6 is 0 Å². The molecule has 0 bridgehead atoms. The third-order valence-corrected chi connectivity index (χ3v) is 6.22. The molecule has 2 heterocycles. The molecule has 0 aliphatic carbocycles. The lowest BCUT2D eigenvalue weighted by Gasteiger charge is -2.48. The van der Waals surface area contributed by atoms with Gasteiger partial charge < -0.3 is 20.3 Å². The summed E-state index contributed by atoms with van der Waals surface area (Å²) < 4.78 is 5.36. The minimum atomic E-state index is -0.635. The van der Waals surface area contributed by atoms with Gasteiger partial charge in [0.05, 0.1) is 0 Å². The van der Waals surface area contributed by atoms with Crippen molar-refractivity contribution in [2.75, 3.05) is 26.2 Å². The molecule has 0 saturated carbocycles. The fourth-order valence-electron chi connectivity index (χ4n) is 4.21. The maximum absolute atomic E-state index is 13.3. The molecule has 30 heavy (non-hydrogen) atoms. The SMILES string of the molecule is O=C(N[C@H](Cc1ccccc1)C(=O)N1CCC2(CC1)CNC2)OCc1ccccc1. The van der Waals surface area contributed by atoms with Gasteiger partial charge in [-0.1, -0.05) is 60.7 Å². The van der Waals surface area contributed by atoms with Crippen molar-refractivity contribution >= 4 is 12.0 Å². The lowest BCUT2D eigenvalue weighted by Crippen LogP contribution is -2.60. The van der Waals surface area contributed by atoms with E-state index in [1.807, 2.05) is 65.6 Å². The number of piperidine rings is 1. The van der Waals surface area contributed by atoms with Gasteiger partial charge in [0.15, 0.2) is 0 Å². The number of rotatable bonds is 6. The summed E-state index contributed by atoms with van der Waals surface area (Å²) in [5.41, 5.74) is 2.29. The number of likely N-dealkylation sites (tertiary alicyclic amines) is 1. The Bertz CT molecular complexity index is 843. The van der Waals surface area contributed by atoms with E-state index >= 15 is 0 Å². The number of ether oxygens (including phenoxy) is 1. The summed E-state index contributed by atoms with van der Waals surface area (Å²) in [7, 11) is 0. The van der Waals surface area contributed by atoms with Crippen LogP contribution in [-0.4, -0.2) is 49.1 Å². The Morgan fingerprint density at radius 1 is 0.967 bits per heavy atom. The Balaban J connectivity index is 1.38. The number of benzene rings is 2. The zero-order valence-corrected chi connectivity index (χ0v) is 17.2. The van der Waals surface area contributed by atoms with Gasteiger partial charge in [-0.25, -0.2) is 4.79 Å². The maximum Gasteiger partial charge on any atom is 0.408 e. The third-order valence-electron chi connectivity index (χ3n) is 6.22. The van der Waals surface area contributed by atoms with Crippen LogP contribution < -0.4 is 10.6 Å². The van der Waals surface area contributed by atoms with Crippen molar-refractivity contribution in [2.45, 2.75) is 31.9 Å². The van der Waals surface area contributed by atoms with E-state index in [9.17, 15) is 9.59 Å². The van der Waals surface area contributed by atoms with Crippen LogP contribution in [-0.2, 0) is 22.6 Å². The second kappa shape index (κ2) is 9.30. The van der Waals surface area contributed by atoms with Gasteiger partial charge in [0.25, 0.3) is 0 Å². The summed E-state index contributed by atoms with van der Waals surface area (Å²) in [5.74, 6) is -0.0300. The molecule has 2 aromatic carbocycles. The summed E-state index contributed by atoms with van der Waals surface area (Å²) in [4.78, 5) is 27.6. The molecule has 0 unspecified atom stereocenters. The number of hydrogen-bond donors (Lipinski definition) is 2. The van der Waals surface area contributed by atoms with Crippen molar-refractivity contribution in [3.8, 4) is 0 Å². The summed E-state index contributed by atoms with van der Waals surface area (Å²) in [6.45, 7) is 3.76. The second-order valence-electron chi connectivity index (χ2n) is 8.38. The quantitative estimate of drug-likeness (QED) is 0.773. The molecule has 2 aliphatic heterocycles. The molecule has 2 aromatic rings. The molecule has 6 heteroatoms. The normalized spacial score (nSPS) is 18.3. The fourth-order valence-corrected chi connectivity index (χ4v) is 4.21. The lowest BCUT2D eigenvalue weighted by molar-refractivity contribution is -0.136. The van der Waals surface area contributed by atoms with Crippen molar-refractivity contribution in [2.24, 2.45) is 5.41 Å². The van der Waals surface area contributed by atoms with Gasteiger partial charge in [-0.2, -0.15) is 0 Å². The molecule has 2 N–H and O–H groups in total. The Morgan fingerprint density at radius 3 is 2.13 bits per heavy atom. The average molecular weight is 408 g/mol. The van der Waals surface area contributed by atoms with Gasteiger partial charge in [-0.15, -0.1) is 0 Å². The van der Waals surface area contributed by atoms with Crippen LogP contribution in [0.3, 0.4) is 0 Å². The highest BCUT2D eigenvalue weighted by Crippen LogP contribution is 2.35. The zero-order valence-electron chi connectivity index (χ0n) is 17.2. The average Bonchev–Trinajstić information content (AvgIpc) is 2.77. The van der Waals surface area contributed by atoms with E-state index < -0.39 is 12.1 Å². The topological polar surface area (TPSA) is 70.7 Å². The van der Waals surface area contributed by atoms with Crippen LogP contribution in [0, 0.1) is 5.41 Å². The molecule has 1 spiro atoms. The van der Waals surface area contributed by atoms with Gasteiger partial charge in [-0.3, -0.25) is 4.79 Å². The molecule has 6 nitrogen and oxygen atoms in total. The number of nitrogens with one attached hydrogen (secondary N) is 2. The highest BCUT2D eigenvalue weighted by Gasteiger charge is 2.41. The molecule has 0 radical (unpaired) electrons. The first-order chi connectivity index (χ1) is 14.6. The first-order valence-corrected chi connectivity index (χ1v) is 10.6. The van der Waals surface area contributed by atoms with Crippen LogP contribution in [0.1, 0.15) is 24.0 Å². The molecule has 2 aliphatic rings. The number of nitrogens with zero attached hydrogens (tertiary/aromatic N) is 1. The molecule has 1 atom stereocenters. The van der Waals surface area contributed by atoms with Crippen LogP contribution in [0.2, 0.25) is 0 Å². The largest absolute Gasteiger partial charge is 0.445 e. The smallest absolute Gasteiger partial charge is 0.408 e. The van der Waals surface area contributed by atoms with E-state index in [4.69, 9.17) is 4.74 Å². The maximum atomic E-state index is 13.3. The Labute approximate surface area is 177 Å². The van der Waals surface area contributed by atoms with Gasteiger partial charge in [0.1, 0.15) is 12.6 Å². The molecule has 2 saturated heterocycles. The monoisotopic (exact) mass is 407 g/mol. The first-order valence-electron chi connectivity index (χ1n) is 10.6. The number of amides is 2. The summed E-state index contributed by atoms with van der Waals surface area (Å²) in [5, 5.41) is 6.16. The van der Waals surface area contributed by atoms with Crippen LogP contribution in [0.5, 0.6) is 0 Å². The fraction of sp³-hybridized carbons (Fsp3) is 0.417. The Hall–Kier alpha value is -2.86. The third kappa shape index (κ3) is 5.00. The van der Waals surface area contributed by atoms with Crippen molar-refractivity contribution in [3.63, 3.8) is 0 Å². The van der Waals surface area contributed by atoms with E-state index in [0.717, 1.165) is 50.1 Å². The Kier molecular flexibility index (Phi) is 6.33. The minimum Gasteiger partial charge on any atom is -0.445 e. The van der Waals surface area contributed by atoms with Crippen molar-refractivity contribution < 1.29 is 14.3 Å². The molecule has 0 aromatic heterocycles. The summed E-state index contributed by atoms with van der Waals surface area (Å²) in [6, 6.07) is 18.7. The van der Waals surface area contributed by atoms with E-state index in [-0.39, 0.29) is 12.5 Å². The number of alkyl carbamates (subject to hydrolysis) is 1. The number of carbonyl (C=O) groups excluding carboxylic acids is 2. The number of hydrogen-bond acceptors (Lipinski definition) is 4. The summed E-state index contributed by atoms with van der Waals surface area (Å²) >= 11 is 0. The number of carbonyl (C=O) groups is 2. The second-order valence-corrected chi connectivity index (χ2v) is 8.38. The first kappa shape index (κ1) is 20.4. The highest BCUT2D eigenvalue weighted by atomic mass is 16.5. The van der Waals surface area contributed by atoms with Crippen molar-refractivity contribution in [3.05, 3.63) is 71.8 Å². The highest BCUT2D eigenvalue weighted by molar-refractivity contribution is 5.86. The predicted molar refractivity (Wildman–Crippen MR) is 115 cm³/mol. The standard InChI is InChI=1S/C24H29N3O3/c28-22(27-13-11-24(12-14-27)17-25-18-24)21(15-19-7-3-1-4-8-19)26-23(29)30-16-20-9-5-2-6-10-20/h1-10,21,25H,11-18H2,(H,26,29)/t21-/m1/s1. The van der Waals surface area contributed by atoms with E-state index in [1.54, 1.807) is 0 Å². The van der Waals surface area contributed by atoms with Gasteiger partial charge in [-0.05, 0) is 29.4 Å². The van der Waals surface area contributed by atoms with E-state index in [1.165, 1.54) is 0 Å². The molecule has 158 valence electrons. The molecular weight excluding hydrogens is 378 g/mol. The molecule has 4 rings (SSSR count). The zero-order chi connectivity index (χ0) is 20.8. The van der Waals surface area contributed by atoms with E-state index in [0.29, 0.717) is 11.8 Å². The summed E-state index contributed by atoms with van der Waals surface area (Å²) in [6.07, 6.45) is 1.91. The van der Waals surface area contributed by atoms with Gasteiger partial charge in [0.2, 0.25) is 5.91 Å². The predicted octanol–water partition coefficient (Wildman–Crippen LogP) is 2.74. The minimum absolute atomic E-state index is 0.0300. The lowest BCUT2D eigenvalue weighted by atomic mass is 9.73.